The number of hydrogen-bond acceptors (Lipinski definition) is 4. The van der Waals surface area contributed by atoms with E-state index in [0.29, 0.717) is 11.5 Å². The molecule has 1 aliphatic carbocycles. The summed E-state index contributed by atoms with van der Waals surface area (Å²) in [4.78, 5) is 14.9. The van der Waals surface area contributed by atoms with Gasteiger partial charge in [-0.25, -0.2) is 4.79 Å². The average Bonchev–Trinajstić information content (AvgIpc) is 2.88. The normalized spacial score (nSPS) is 16.8. The highest BCUT2D eigenvalue weighted by Gasteiger charge is 2.38. The van der Waals surface area contributed by atoms with E-state index in [1.807, 2.05) is 12.1 Å². The zero-order valence-corrected chi connectivity index (χ0v) is 12.6. The first-order chi connectivity index (χ1) is 9.16. The lowest BCUT2D eigenvalue weighted by Crippen LogP contribution is -2.20. The zero-order valence-electron chi connectivity index (χ0n) is 11.0. The Labute approximate surface area is 120 Å². The molecule has 5 heteroatoms. The molecule has 0 unspecified atom stereocenters. The van der Waals surface area contributed by atoms with Crippen LogP contribution in [-0.2, 0) is 10.3 Å². The molecule has 0 spiro atoms. The quantitative estimate of drug-likeness (QED) is 0.628. The zero-order chi connectivity index (χ0) is 13.9. The van der Waals surface area contributed by atoms with Crippen LogP contribution in [0.2, 0.25) is 0 Å². The van der Waals surface area contributed by atoms with Gasteiger partial charge in [-0.2, -0.15) is 4.99 Å². The maximum Gasteiger partial charge on any atom is 0.235 e. The number of methoxy groups -OCH3 is 2. The number of ether oxygens (including phenoxy) is 2. The van der Waals surface area contributed by atoms with Crippen molar-refractivity contribution in [1.29, 1.82) is 0 Å². The SMILES string of the molecule is COc1cc(OC)c(C2(N=C=O)CCCC2)cc1Br. The summed E-state index contributed by atoms with van der Waals surface area (Å²) in [7, 11) is 3.22. The van der Waals surface area contributed by atoms with Crippen LogP contribution in [-0.4, -0.2) is 20.3 Å². The summed E-state index contributed by atoms with van der Waals surface area (Å²) >= 11 is 3.47. The maximum absolute atomic E-state index is 10.8. The molecule has 0 bridgehead atoms. The Morgan fingerprint density at radius 3 is 2.37 bits per heavy atom. The van der Waals surface area contributed by atoms with Gasteiger partial charge in [-0.3, -0.25) is 0 Å². The van der Waals surface area contributed by atoms with Gasteiger partial charge in [0.15, 0.2) is 0 Å². The molecule has 102 valence electrons. The topological polar surface area (TPSA) is 47.9 Å². The molecule has 1 aromatic carbocycles. The lowest BCUT2D eigenvalue weighted by molar-refractivity contribution is 0.369. The van der Waals surface area contributed by atoms with Crippen molar-refractivity contribution in [2.45, 2.75) is 31.2 Å². The fourth-order valence-corrected chi connectivity index (χ4v) is 3.22. The molecule has 2 rings (SSSR count). The van der Waals surface area contributed by atoms with Gasteiger partial charge in [-0.15, -0.1) is 0 Å². The van der Waals surface area contributed by atoms with E-state index in [0.717, 1.165) is 35.7 Å². The molecule has 4 nitrogen and oxygen atoms in total. The van der Waals surface area contributed by atoms with E-state index in [4.69, 9.17) is 9.47 Å². The predicted octanol–water partition coefficient (Wildman–Crippen LogP) is 3.57. The van der Waals surface area contributed by atoms with Crippen LogP contribution < -0.4 is 9.47 Å². The van der Waals surface area contributed by atoms with Crippen LogP contribution in [0, 0.1) is 0 Å². The van der Waals surface area contributed by atoms with Crippen molar-refractivity contribution < 1.29 is 14.3 Å². The predicted molar refractivity (Wildman–Crippen MR) is 75.5 cm³/mol. The Balaban J connectivity index is 2.59. The number of rotatable bonds is 4. The molecule has 0 aliphatic heterocycles. The Kier molecular flexibility index (Phi) is 4.27. The summed E-state index contributed by atoms with van der Waals surface area (Å²) in [6, 6.07) is 3.75. The van der Waals surface area contributed by atoms with Gasteiger partial charge in [0.1, 0.15) is 17.0 Å². The Morgan fingerprint density at radius 2 is 1.84 bits per heavy atom. The molecule has 1 aliphatic rings. The van der Waals surface area contributed by atoms with Crippen molar-refractivity contribution in [2.24, 2.45) is 4.99 Å². The molecular weight excluding hydrogens is 310 g/mol. The van der Waals surface area contributed by atoms with Crippen LogP contribution in [0.1, 0.15) is 31.2 Å². The lowest BCUT2D eigenvalue weighted by atomic mass is 9.88. The summed E-state index contributed by atoms with van der Waals surface area (Å²) in [6.45, 7) is 0. The van der Waals surface area contributed by atoms with Crippen LogP contribution in [0.25, 0.3) is 0 Å². The van der Waals surface area contributed by atoms with Gasteiger partial charge < -0.3 is 9.47 Å². The van der Waals surface area contributed by atoms with Crippen LogP contribution >= 0.6 is 15.9 Å². The standard InChI is InChI=1S/C14H16BrNO3/c1-18-12-8-13(19-2)11(15)7-10(12)14(16-9-17)5-3-4-6-14/h7-8H,3-6H2,1-2H3. The van der Waals surface area contributed by atoms with Gasteiger partial charge in [0.25, 0.3) is 0 Å². The number of benzene rings is 1. The van der Waals surface area contributed by atoms with Crippen LogP contribution in [0.3, 0.4) is 0 Å². The number of carbonyl (C=O) groups excluding carboxylic acids is 1. The smallest absolute Gasteiger partial charge is 0.235 e. The third-order valence-corrected chi connectivity index (χ3v) is 4.29. The summed E-state index contributed by atoms with van der Waals surface area (Å²) < 4.78 is 11.5. The average molecular weight is 326 g/mol. The van der Waals surface area contributed by atoms with Crippen molar-refractivity contribution in [3.63, 3.8) is 0 Å². The monoisotopic (exact) mass is 325 g/mol. The van der Waals surface area contributed by atoms with Gasteiger partial charge in [0, 0.05) is 11.6 Å². The minimum atomic E-state index is -0.498. The lowest BCUT2D eigenvalue weighted by Gasteiger charge is -2.25. The molecule has 19 heavy (non-hydrogen) atoms. The van der Waals surface area contributed by atoms with E-state index in [-0.39, 0.29) is 0 Å². The van der Waals surface area contributed by atoms with Crippen molar-refractivity contribution in [2.75, 3.05) is 14.2 Å². The molecule has 1 fully saturated rings. The number of nitrogens with zero attached hydrogens (tertiary/aromatic N) is 1. The molecule has 0 amide bonds. The first-order valence-corrected chi connectivity index (χ1v) is 6.97. The molecule has 0 heterocycles. The van der Waals surface area contributed by atoms with Crippen molar-refractivity contribution in [1.82, 2.24) is 0 Å². The van der Waals surface area contributed by atoms with Gasteiger partial charge in [-0.1, -0.05) is 12.8 Å². The molecule has 0 atom stereocenters. The summed E-state index contributed by atoms with van der Waals surface area (Å²) in [5.74, 6) is 1.39. The van der Waals surface area contributed by atoms with E-state index >= 15 is 0 Å². The van der Waals surface area contributed by atoms with Gasteiger partial charge in [0.05, 0.1) is 18.7 Å². The molecule has 0 aromatic heterocycles. The molecule has 1 aromatic rings. The number of aliphatic imine (C=N–C) groups is 1. The molecular formula is C14H16BrNO3. The summed E-state index contributed by atoms with van der Waals surface area (Å²) in [5, 5.41) is 0. The highest BCUT2D eigenvalue weighted by atomic mass is 79.9. The van der Waals surface area contributed by atoms with E-state index in [1.165, 1.54) is 0 Å². The fourth-order valence-electron chi connectivity index (χ4n) is 2.71. The van der Waals surface area contributed by atoms with E-state index in [9.17, 15) is 4.79 Å². The number of hydrogen-bond donors (Lipinski definition) is 0. The minimum absolute atomic E-state index is 0.498. The van der Waals surface area contributed by atoms with Crippen LogP contribution in [0.5, 0.6) is 11.5 Å². The highest BCUT2D eigenvalue weighted by molar-refractivity contribution is 9.10. The third kappa shape index (κ3) is 2.53. The van der Waals surface area contributed by atoms with Gasteiger partial charge in [-0.05, 0) is 34.8 Å². The van der Waals surface area contributed by atoms with Gasteiger partial charge in [0.2, 0.25) is 6.08 Å². The Hall–Kier alpha value is -1.32. The van der Waals surface area contributed by atoms with E-state index < -0.39 is 5.54 Å². The molecule has 0 radical (unpaired) electrons. The van der Waals surface area contributed by atoms with Gasteiger partial charge >= 0.3 is 0 Å². The second-order valence-corrected chi connectivity index (χ2v) is 5.48. The third-order valence-electron chi connectivity index (χ3n) is 3.67. The summed E-state index contributed by atoms with van der Waals surface area (Å²) in [6.07, 6.45) is 5.52. The van der Waals surface area contributed by atoms with Crippen molar-refractivity contribution in [3.8, 4) is 11.5 Å². The van der Waals surface area contributed by atoms with Crippen molar-refractivity contribution >= 4 is 22.0 Å². The molecule has 1 saturated carbocycles. The first-order valence-electron chi connectivity index (χ1n) is 6.18. The van der Waals surface area contributed by atoms with Crippen LogP contribution in [0.4, 0.5) is 0 Å². The molecule has 0 saturated heterocycles. The molecule has 0 N–H and O–H groups in total. The number of halogens is 1. The Morgan fingerprint density at radius 1 is 1.21 bits per heavy atom. The highest BCUT2D eigenvalue weighted by Crippen LogP contribution is 2.48. The maximum atomic E-state index is 10.8. The van der Waals surface area contributed by atoms with Crippen LogP contribution in [0.15, 0.2) is 21.6 Å². The summed E-state index contributed by atoms with van der Waals surface area (Å²) in [5.41, 5.74) is 0.422. The second-order valence-electron chi connectivity index (χ2n) is 4.63. The second kappa shape index (κ2) is 5.76. The largest absolute Gasteiger partial charge is 0.496 e. The van der Waals surface area contributed by atoms with E-state index in [2.05, 4.69) is 20.9 Å². The van der Waals surface area contributed by atoms with Crippen molar-refractivity contribution in [3.05, 3.63) is 22.2 Å². The minimum Gasteiger partial charge on any atom is -0.496 e. The van der Waals surface area contributed by atoms with E-state index in [1.54, 1.807) is 20.3 Å². The Bertz CT molecular complexity index is 518. The fraction of sp³-hybridized carbons (Fsp3) is 0.500. The first kappa shape index (κ1) is 14.1. The number of isocyanates is 1.